The number of nitrogens with zero attached hydrogens (tertiary/aromatic N) is 2. The van der Waals surface area contributed by atoms with Gasteiger partial charge in [-0.2, -0.15) is 0 Å². The summed E-state index contributed by atoms with van der Waals surface area (Å²) in [6, 6.07) is 22.1. The molecule has 0 aliphatic carbocycles. The van der Waals surface area contributed by atoms with E-state index < -0.39 is 10.8 Å². The average Bonchev–Trinajstić information content (AvgIpc) is 3.18. The third-order valence-corrected chi connectivity index (χ3v) is 4.97. The second kappa shape index (κ2) is 8.66. The third-order valence-electron chi connectivity index (χ3n) is 4.97. The summed E-state index contributed by atoms with van der Waals surface area (Å²) in [5.41, 5.74) is 1.09. The van der Waals surface area contributed by atoms with Crippen LogP contribution in [0.1, 0.15) is 6.42 Å². The fourth-order valence-electron chi connectivity index (χ4n) is 3.36. The van der Waals surface area contributed by atoms with Crippen molar-refractivity contribution in [1.82, 2.24) is 0 Å². The van der Waals surface area contributed by atoms with Crippen molar-refractivity contribution in [2.45, 2.75) is 6.42 Å². The molecule has 31 heavy (non-hydrogen) atoms. The first kappa shape index (κ1) is 20.1. The Hall–Kier alpha value is -4.20. The van der Waals surface area contributed by atoms with Gasteiger partial charge in [0.2, 0.25) is 11.8 Å². The molecule has 1 aliphatic rings. The molecule has 8 nitrogen and oxygen atoms in total. The summed E-state index contributed by atoms with van der Waals surface area (Å²) >= 11 is 0. The Morgan fingerprint density at radius 1 is 0.968 bits per heavy atom. The topological polar surface area (TPSA) is 102 Å². The van der Waals surface area contributed by atoms with E-state index in [0.717, 1.165) is 5.75 Å². The highest BCUT2D eigenvalue weighted by Gasteiger charge is 2.35. The van der Waals surface area contributed by atoms with Crippen LogP contribution in [0.15, 0.2) is 78.9 Å². The Bertz CT molecular complexity index is 1100. The lowest BCUT2D eigenvalue weighted by Gasteiger charge is -2.16. The van der Waals surface area contributed by atoms with Crippen LogP contribution in [0.5, 0.6) is 11.5 Å². The van der Waals surface area contributed by atoms with Gasteiger partial charge in [-0.05, 0) is 48.5 Å². The number of nitrogens with one attached hydrogen (secondary N) is 1. The van der Waals surface area contributed by atoms with Crippen LogP contribution in [0.2, 0.25) is 0 Å². The van der Waals surface area contributed by atoms with Gasteiger partial charge < -0.3 is 15.0 Å². The van der Waals surface area contributed by atoms with Crippen molar-refractivity contribution >= 4 is 28.9 Å². The van der Waals surface area contributed by atoms with Crippen LogP contribution in [0.3, 0.4) is 0 Å². The molecule has 1 atom stereocenters. The normalized spacial score (nSPS) is 15.5. The summed E-state index contributed by atoms with van der Waals surface area (Å²) in [5.74, 6) is 0.401. The Labute approximate surface area is 178 Å². The fourth-order valence-corrected chi connectivity index (χ4v) is 3.36. The van der Waals surface area contributed by atoms with Gasteiger partial charge in [0.05, 0.1) is 10.8 Å². The maximum atomic E-state index is 12.6. The van der Waals surface area contributed by atoms with Crippen molar-refractivity contribution < 1.29 is 19.2 Å². The van der Waals surface area contributed by atoms with Crippen LogP contribution in [0, 0.1) is 16.0 Å². The largest absolute Gasteiger partial charge is 0.457 e. The van der Waals surface area contributed by atoms with Crippen molar-refractivity contribution in [1.29, 1.82) is 0 Å². The van der Waals surface area contributed by atoms with Gasteiger partial charge in [0.1, 0.15) is 11.5 Å². The number of anilines is 2. The Morgan fingerprint density at radius 3 is 2.26 bits per heavy atom. The highest BCUT2D eigenvalue weighted by molar-refractivity contribution is 6.03. The predicted octanol–water partition coefficient (Wildman–Crippen LogP) is 4.38. The number of non-ortho nitro benzene ring substituents is 1. The quantitative estimate of drug-likeness (QED) is 0.474. The van der Waals surface area contributed by atoms with Crippen LogP contribution in [-0.4, -0.2) is 23.3 Å². The SMILES string of the molecule is O=C(Nc1ccc(Oc2ccccc2)cc1)[C@H]1CC(=O)N(c2ccc([N+](=O)[O-])cc2)C1. The minimum atomic E-state index is -0.511. The van der Waals surface area contributed by atoms with Gasteiger partial charge in [-0.3, -0.25) is 19.7 Å². The van der Waals surface area contributed by atoms with E-state index in [2.05, 4.69) is 5.32 Å². The minimum Gasteiger partial charge on any atom is -0.457 e. The van der Waals surface area contributed by atoms with Gasteiger partial charge in [-0.1, -0.05) is 18.2 Å². The first-order chi connectivity index (χ1) is 15.0. The molecule has 0 radical (unpaired) electrons. The number of benzene rings is 3. The van der Waals surface area contributed by atoms with Gasteiger partial charge in [-0.15, -0.1) is 0 Å². The van der Waals surface area contributed by atoms with Gasteiger partial charge in [0.15, 0.2) is 0 Å². The number of hydrogen-bond donors (Lipinski definition) is 1. The van der Waals surface area contributed by atoms with Gasteiger partial charge in [0, 0.05) is 36.5 Å². The molecule has 0 bridgehead atoms. The highest BCUT2D eigenvalue weighted by atomic mass is 16.6. The van der Waals surface area contributed by atoms with Crippen LogP contribution in [0.25, 0.3) is 0 Å². The second-order valence-electron chi connectivity index (χ2n) is 7.11. The van der Waals surface area contributed by atoms with Gasteiger partial charge in [-0.25, -0.2) is 0 Å². The zero-order chi connectivity index (χ0) is 21.8. The van der Waals surface area contributed by atoms with E-state index in [9.17, 15) is 19.7 Å². The Kier molecular flexibility index (Phi) is 5.61. The van der Waals surface area contributed by atoms with Crippen molar-refractivity contribution in [2.75, 3.05) is 16.8 Å². The molecular formula is C23H19N3O5. The maximum Gasteiger partial charge on any atom is 0.269 e. The molecule has 0 spiro atoms. The number of nitro benzene ring substituents is 1. The molecule has 1 heterocycles. The molecule has 1 aliphatic heterocycles. The first-order valence-corrected chi connectivity index (χ1v) is 9.68. The van der Waals surface area contributed by atoms with Gasteiger partial charge >= 0.3 is 0 Å². The molecule has 1 saturated heterocycles. The van der Waals surface area contributed by atoms with E-state index in [-0.39, 0.29) is 30.5 Å². The van der Waals surface area contributed by atoms with E-state index >= 15 is 0 Å². The third kappa shape index (κ3) is 4.69. The smallest absolute Gasteiger partial charge is 0.269 e. The lowest BCUT2D eigenvalue weighted by molar-refractivity contribution is -0.384. The number of rotatable bonds is 6. The van der Waals surface area contributed by atoms with E-state index in [4.69, 9.17) is 4.74 Å². The molecule has 156 valence electrons. The number of nitro groups is 1. The Balaban J connectivity index is 1.36. The number of hydrogen-bond acceptors (Lipinski definition) is 5. The number of ether oxygens (including phenoxy) is 1. The zero-order valence-corrected chi connectivity index (χ0v) is 16.4. The van der Waals surface area contributed by atoms with Gasteiger partial charge in [0.25, 0.3) is 5.69 Å². The number of carbonyl (C=O) groups excluding carboxylic acids is 2. The van der Waals surface area contributed by atoms with Crippen molar-refractivity contribution in [3.8, 4) is 11.5 Å². The van der Waals surface area contributed by atoms with Crippen molar-refractivity contribution in [2.24, 2.45) is 5.92 Å². The standard InChI is InChI=1S/C23H19N3O5/c27-22-14-16(15-25(22)18-8-10-19(11-9-18)26(29)30)23(28)24-17-6-12-21(13-7-17)31-20-4-2-1-3-5-20/h1-13,16H,14-15H2,(H,24,28)/t16-/m0/s1. The maximum absolute atomic E-state index is 12.6. The first-order valence-electron chi connectivity index (χ1n) is 9.68. The van der Waals surface area contributed by atoms with E-state index in [1.807, 2.05) is 30.3 Å². The monoisotopic (exact) mass is 417 g/mol. The summed E-state index contributed by atoms with van der Waals surface area (Å²) in [7, 11) is 0. The molecule has 1 N–H and O–H groups in total. The van der Waals surface area contributed by atoms with Crippen LogP contribution >= 0.6 is 0 Å². The molecule has 3 aromatic rings. The van der Waals surface area contributed by atoms with Crippen molar-refractivity contribution in [3.05, 3.63) is 89.0 Å². The minimum absolute atomic E-state index is 0.0515. The number of amides is 2. The Morgan fingerprint density at radius 2 is 1.61 bits per heavy atom. The summed E-state index contributed by atoms with van der Waals surface area (Å²) in [5, 5.41) is 13.6. The lowest BCUT2D eigenvalue weighted by atomic mass is 10.1. The zero-order valence-electron chi connectivity index (χ0n) is 16.4. The van der Waals surface area contributed by atoms with Crippen molar-refractivity contribution in [3.63, 3.8) is 0 Å². The van der Waals surface area contributed by atoms with E-state index in [1.54, 1.807) is 24.3 Å². The average molecular weight is 417 g/mol. The van der Waals surface area contributed by atoms with Crippen LogP contribution < -0.4 is 15.0 Å². The summed E-state index contributed by atoms with van der Waals surface area (Å²) in [6.45, 7) is 0.220. The molecular weight excluding hydrogens is 398 g/mol. The molecule has 8 heteroatoms. The number of para-hydroxylation sites is 1. The van der Waals surface area contributed by atoms with Crippen LogP contribution in [-0.2, 0) is 9.59 Å². The molecule has 4 rings (SSSR count). The number of carbonyl (C=O) groups is 2. The molecule has 0 unspecified atom stereocenters. The molecule has 2 amide bonds. The van der Waals surface area contributed by atoms with E-state index in [1.165, 1.54) is 29.2 Å². The molecule has 0 saturated carbocycles. The molecule has 0 aromatic heterocycles. The second-order valence-corrected chi connectivity index (χ2v) is 7.11. The summed E-state index contributed by atoms with van der Waals surface area (Å²) in [4.78, 5) is 36.8. The highest BCUT2D eigenvalue weighted by Crippen LogP contribution is 2.28. The molecule has 3 aromatic carbocycles. The summed E-state index contributed by atoms with van der Waals surface area (Å²) < 4.78 is 5.73. The summed E-state index contributed by atoms with van der Waals surface area (Å²) in [6.07, 6.45) is 0.0814. The fraction of sp³-hybridized carbons (Fsp3) is 0.130. The van der Waals surface area contributed by atoms with E-state index in [0.29, 0.717) is 17.1 Å². The predicted molar refractivity (Wildman–Crippen MR) is 115 cm³/mol. The molecule has 1 fully saturated rings. The van der Waals surface area contributed by atoms with Crippen LogP contribution in [0.4, 0.5) is 17.1 Å². The lowest BCUT2D eigenvalue weighted by Crippen LogP contribution is -2.28.